The smallest absolute Gasteiger partial charge is 0.254 e. The Balaban J connectivity index is 3.24. The maximum atomic E-state index is 11.7. The number of nitrogens with one attached hydrogen (secondary N) is 1. The van der Waals surface area contributed by atoms with Gasteiger partial charge in [-0.25, -0.2) is 0 Å². The Hall–Kier alpha value is -0.870. The third-order valence-electron chi connectivity index (χ3n) is 1.90. The molecule has 0 atom stereocenters. The van der Waals surface area contributed by atoms with Gasteiger partial charge >= 0.3 is 0 Å². The largest absolute Gasteiger partial charge is 0.352 e. The van der Waals surface area contributed by atoms with E-state index in [4.69, 9.17) is 23.2 Å². The first-order valence-electron chi connectivity index (χ1n) is 4.60. The van der Waals surface area contributed by atoms with Gasteiger partial charge in [0.2, 0.25) is 0 Å². The second-order valence-electron chi connectivity index (χ2n) is 2.85. The third-order valence-corrected chi connectivity index (χ3v) is 2.47. The van der Waals surface area contributed by atoms with Gasteiger partial charge in [0.05, 0.1) is 5.56 Å². The summed E-state index contributed by atoms with van der Waals surface area (Å²) in [5.74, 6) is -0.267. The molecule has 1 rings (SSSR count). The normalized spacial score (nSPS) is 10.1. The van der Waals surface area contributed by atoms with E-state index in [0.717, 1.165) is 0 Å². The van der Waals surface area contributed by atoms with Crippen molar-refractivity contribution in [3.05, 3.63) is 21.4 Å². The molecule has 1 aromatic rings. The fourth-order valence-corrected chi connectivity index (χ4v) is 1.73. The minimum absolute atomic E-state index is 0.0854. The Morgan fingerprint density at radius 2 is 1.87 bits per heavy atom. The van der Waals surface area contributed by atoms with Gasteiger partial charge in [0.25, 0.3) is 5.91 Å². The number of hydrogen-bond donors (Lipinski definition) is 1. The summed E-state index contributed by atoms with van der Waals surface area (Å²) in [5, 5.41) is 10.2. The molecule has 0 saturated heterocycles. The van der Waals surface area contributed by atoms with E-state index in [-0.39, 0.29) is 16.2 Å². The van der Waals surface area contributed by atoms with E-state index in [1.54, 1.807) is 0 Å². The van der Waals surface area contributed by atoms with Crippen molar-refractivity contribution >= 4 is 29.1 Å². The topological polar surface area (TPSA) is 54.9 Å². The first-order valence-corrected chi connectivity index (χ1v) is 5.36. The highest BCUT2D eigenvalue weighted by Gasteiger charge is 2.18. The van der Waals surface area contributed by atoms with Gasteiger partial charge < -0.3 is 5.32 Å². The molecule has 0 aliphatic rings. The minimum atomic E-state index is -0.267. The molecule has 0 spiro atoms. The Morgan fingerprint density at radius 1 is 1.27 bits per heavy atom. The molecule has 0 unspecified atom stereocenters. The standard InChI is InChI=1S/C9H11Cl2N3O/c1-3-5-6(9(15)12-4-2)8(11)14-13-7(5)10/h3-4H2,1-2H3,(H,12,15). The van der Waals surface area contributed by atoms with Crippen molar-refractivity contribution < 1.29 is 4.79 Å². The zero-order valence-corrected chi connectivity index (χ0v) is 9.98. The Labute approximate surface area is 98.0 Å². The van der Waals surface area contributed by atoms with E-state index < -0.39 is 0 Å². The van der Waals surface area contributed by atoms with Crippen LogP contribution in [0.25, 0.3) is 0 Å². The van der Waals surface area contributed by atoms with Gasteiger partial charge in [-0.3, -0.25) is 4.79 Å². The molecule has 4 nitrogen and oxygen atoms in total. The quantitative estimate of drug-likeness (QED) is 0.891. The number of carbonyl (C=O) groups excluding carboxylic acids is 1. The summed E-state index contributed by atoms with van der Waals surface area (Å²) in [6, 6.07) is 0. The van der Waals surface area contributed by atoms with Crippen LogP contribution in [0.15, 0.2) is 0 Å². The van der Waals surface area contributed by atoms with E-state index in [9.17, 15) is 4.79 Å². The van der Waals surface area contributed by atoms with Crippen LogP contribution >= 0.6 is 23.2 Å². The maximum absolute atomic E-state index is 11.7. The monoisotopic (exact) mass is 247 g/mol. The molecule has 0 aromatic carbocycles. The van der Waals surface area contributed by atoms with Crippen LogP contribution in [0.4, 0.5) is 0 Å². The number of hydrogen-bond acceptors (Lipinski definition) is 3. The van der Waals surface area contributed by atoms with Crippen LogP contribution in [0.5, 0.6) is 0 Å². The zero-order valence-electron chi connectivity index (χ0n) is 8.47. The van der Waals surface area contributed by atoms with Crippen molar-refractivity contribution in [2.75, 3.05) is 6.54 Å². The van der Waals surface area contributed by atoms with Crippen LogP contribution in [-0.4, -0.2) is 22.6 Å². The highest BCUT2D eigenvalue weighted by atomic mass is 35.5. The lowest BCUT2D eigenvalue weighted by Gasteiger charge is -2.09. The molecule has 0 aliphatic carbocycles. The van der Waals surface area contributed by atoms with Crippen molar-refractivity contribution in [2.45, 2.75) is 20.3 Å². The molecule has 1 N–H and O–H groups in total. The molecule has 6 heteroatoms. The van der Waals surface area contributed by atoms with Gasteiger partial charge in [0, 0.05) is 12.1 Å². The average molecular weight is 248 g/mol. The predicted octanol–water partition coefficient (Wildman–Crippen LogP) is 2.10. The predicted molar refractivity (Wildman–Crippen MR) is 59.4 cm³/mol. The Kier molecular flexibility index (Phi) is 4.29. The number of aromatic nitrogens is 2. The first-order chi connectivity index (χ1) is 7.11. The van der Waals surface area contributed by atoms with Crippen LogP contribution in [0.3, 0.4) is 0 Å². The van der Waals surface area contributed by atoms with Crippen LogP contribution in [0, 0.1) is 0 Å². The van der Waals surface area contributed by atoms with Crippen LogP contribution < -0.4 is 5.32 Å². The molecule has 1 amide bonds. The van der Waals surface area contributed by atoms with Gasteiger partial charge in [-0.2, -0.15) is 0 Å². The van der Waals surface area contributed by atoms with Gasteiger partial charge in [-0.1, -0.05) is 30.1 Å². The van der Waals surface area contributed by atoms with Crippen molar-refractivity contribution in [3.63, 3.8) is 0 Å². The van der Waals surface area contributed by atoms with Crippen molar-refractivity contribution in [3.8, 4) is 0 Å². The highest BCUT2D eigenvalue weighted by molar-refractivity contribution is 6.34. The minimum Gasteiger partial charge on any atom is -0.352 e. The summed E-state index contributed by atoms with van der Waals surface area (Å²) in [6.45, 7) is 4.23. The van der Waals surface area contributed by atoms with Crippen molar-refractivity contribution in [1.29, 1.82) is 0 Å². The van der Waals surface area contributed by atoms with E-state index in [0.29, 0.717) is 24.1 Å². The average Bonchev–Trinajstić information content (AvgIpc) is 2.21. The molecule has 0 aliphatic heterocycles. The number of carbonyl (C=O) groups is 1. The molecule has 0 saturated carbocycles. The van der Waals surface area contributed by atoms with Gasteiger partial charge in [0.1, 0.15) is 0 Å². The fourth-order valence-electron chi connectivity index (χ4n) is 1.23. The molecule has 0 radical (unpaired) electrons. The molecular formula is C9H11Cl2N3O. The van der Waals surface area contributed by atoms with E-state index in [1.807, 2.05) is 13.8 Å². The summed E-state index contributed by atoms with van der Waals surface area (Å²) in [7, 11) is 0. The van der Waals surface area contributed by atoms with Crippen LogP contribution in [-0.2, 0) is 6.42 Å². The van der Waals surface area contributed by atoms with Gasteiger partial charge in [-0.05, 0) is 13.3 Å². The summed E-state index contributed by atoms with van der Waals surface area (Å²) >= 11 is 11.7. The van der Waals surface area contributed by atoms with Crippen molar-refractivity contribution in [2.24, 2.45) is 0 Å². The Bertz CT molecular complexity index is 382. The number of amides is 1. The fraction of sp³-hybridized carbons (Fsp3) is 0.444. The lowest BCUT2D eigenvalue weighted by molar-refractivity contribution is 0.0954. The number of nitrogens with zero attached hydrogens (tertiary/aromatic N) is 2. The SMILES string of the molecule is CCNC(=O)c1c(Cl)nnc(Cl)c1CC. The number of halogens is 2. The van der Waals surface area contributed by atoms with Gasteiger partial charge in [-0.15, -0.1) is 10.2 Å². The number of rotatable bonds is 3. The first kappa shape index (κ1) is 12.2. The molecule has 0 fully saturated rings. The summed E-state index contributed by atoms with van der Waals surface area (Å²) < 4.78 is 0. The lowest BCUT2D eigenvalue weighted by Crippen LogP contribution is -2.25. The highest BCUT2D eigenvalue weighted by Crippen LogP contribution is 2.23. The molecular weight excluding hydrogens is 237 g/mol. The van der Waals surface area contributed by atoms with Gasteiger partial charge in [0.15, 0.2) is 10.3 Å². The van der Waals surface area contributed by atoms with E-state index in [1.165, 1.54) is 0 Å². The third kappa shape index (κ3) is 2.58. The second-order valence-corrected chi connectivity index (χ2v) is 3.56. The molecule has 82 valence electrons. The lowest BCUT2D eigenvalue weighted by atomic mass is 10.1. The maximum Gasteiger partial charge on any atom is 0.254 e. The summed E-state index contributed by atoms with van der Waals surface area (Å²) in [4.78, 5) is 11.7. The second kappa shape index (κ2) is 5.28. The van der Waals surface area contributed by atoms with Crippen LogP contribution in [0.1, 0.15) is 29.8 Å². The van der Waals surface area contributed by atoms with Crippen molar-refractivity contribution in [1.82, 2.24) is 15.5 Å². The molecule has 1 heterocycles. The molecule has 1 aromatic heterocycles. The zero-order chi connectivity index (χ0) is 11.4. The van der Waals surface area contributed by atoms with E-state index >= 15 is 0 Å². The van der Waals surface area contributed by atoms with E-state index in [2.05, 4.69) is 15.5 Å². The van der Waals surface area contributed by atoms with Crippen LogP contribution in [0.2, 0.25) is 10.3 Å². The molecule has 15 heavy (non-hydrogen) atoms. The Morgan fingerprint density at radius 3 is 2.40 bits per heavy atom. The summed E-state index contributed by atoms with van der Waals surface area (Å²) in [5.41, 5.74) is 0.948. The summed E-state index contributed by atoms with van der Waals surface area (Å²) in [6.07, 6.45) is 0.584. The molecule has 0 bridgehead atoms.